The molecule has 0 spiro atoms. The van der Waals surface area contributed by atoms with Crippen LogP contribution in [0.5, 0.6) is 0 Å². The number of alkyl carbamates (subject to hydrolysis) is 1. The van der Waals surface area contributed by atoms with Crippen molar-refractivity contribution in [3.8, 4) is 0 Å². The standard InChI is InChI=1S/C66H98N12O13S/c1-10-42(6)57(75-60(84)50-23-16-18-33-76(50)9)63(86)77(51(40(2)3)38-52(91-66(90)68-8)62-73-49(39-92-62)59(83)71-47(36-43(7)64(87)88)37-45-20-13-11-14-21-45)35-31-44-25-27-46(28-26-44)70-58(82)48(22-19-32-69-65(67)89)72-61(85)56(41(4)5)74-53(79)24-15-12-17-34-78-54(80)29-30-55(78)81/h11,13-14,20-21,25-30,39-43,47-48,50-52,54,56-57,80H,10,12,15-19,22-24,31-38H2,1-9H3,(H,68,90)(H,70,82)(H,71,83)(H,72,85)(H,74,79)(H,75,84)(H,87,88)(H3,67,69,89)/t42-,43+,47+,48-,50+,51+,52+,54?,56-,57-/m0/s1. The Morgan fingerprint density at radius 2 is 1.55 bits per heavy atom. The third-order valence-electron chi connectivity index (χ3n) is 17.0. The van der Waals surface area contributed by atoms with E-state index in [0.29, 0.717) is 50.8 Å². The Hall–Kier alpha value is -7.97. The van der Waals surface area contributed by atoms with E-state index in [4.69, 9.17) is 15.5 Å². The Bertz CT molecular complexity index is 2960. The van der Waals surface area contributed by atoms with Gasteiger partial charge >= 0.3 is 18.1 Å². The molecule has 92 heavy (non-hydrogen) atoms. The Morgan fingerprint density at radius 1 is 0.837 bits per heavy atom. The van der Waals surface area contributed by atoms with Gasteiger partial charge in [-0.1, -0.05) is 110 Å². The van der Waals surface area contributed by atoms with Crippen LogP contribution in [0.4, 0.5) is 15.3 Å². The molecule has 25 nitrogen and oxygen atoms in total. The van der Waals surface area contributed by atoms with Crippen LogP contribution in [0.25, 0.3) is 0 Å². The molecule has 2 aliphatic heterocycles. The van der Waals surface area contributed by atoms with Gasteiger partial charge in [-0.05, 0) is 118 Å². The molecule has 10 atom stereocenters. The normalized spacial score (nSPS) is 17.5. The van der Waals surface area contributed by atoms with Crippen molar-refractivity contribution >= 4 is 76.5 Å². The van der Waals surface area contributed by atoms with Crippen molar-refractivity contribution in [1.29, 1.82) is 0 Å². The van der Waals surface area contributed by atoms with Gasteiger partial charge in [0.05, 0.1) is 12.0 Å². The number of likely N-dealkylation sites (N-methyl/N-ethyl adjacent to an activating group) is 1. The minimum Gasteiger partial charge on any atom is -0.481 e. The fourth-order valence-electron chi connectivity index (χ4n) is 11.3. The van der Waals surface area contributed by atoms with Crippen LogP contribution >= 0.6 is 11.3 Å². The molecule has 2 aromatic carbocycles. The zero-order chi connectivity index (χ0) is 67.6. The monoisotopic (exact) mass is 1300 g/mol. The van der Waals surface area contributed by atoms with E-state index in [1.807, 2.05) is 70.0 Å². The van der Waals surface area contributed by atoms with Crippen LogP contribution in [0.1, 0.15) is 158 Å². The number of nitrogens with one attached hydrogen (secondary N) is 7. The number of piperidine rings is 1. The van der Waals surface area contributed by atoms with Crippen LogP contribution in [-0.2, 0) is 51.1 Å². The molecular weight excluding hydrogens is 1200 g/mol. The maximum Gasteiger partial charge on any atom is 0.407 e. The number of carboxylic acid groups (broad SMARTS) is 1. The summed E-state index contributed by atoms with van der Waals surface area (Å²) in [5.74, 6) is -5.64. The van der Waals surface area contributed by atoms with Crippen molar-refractivity contribution in [2.45, 2.75) is 187 Å². The maximum absolute atomic E-state index is 15.6. The first-order valence-corrected chi connectivity index (χ1v) is 33.1. The average molecular weight is 1300 g/mol. The van der Waals surface area contributed by atoms with E-state index in [1.165, 1.54) is 24.1 Å². The largest absolute Gasteiger partial charge is 0.481 e. The minimum atomic E-state index is -1.11. The Labute approximate surface area is 544 Å². The van der Waals surface area contributed by atoms with Gasteiger partial charge in [-0.2, -0.15) is 0 Å². The molecule has 1 aromatic heterocycles. The number of nitrogens with zero attached hydrogens (tertiary/aromatic N) is 4. The number of amides is 10. The number of carbonyl (C=O) groups is 10. The number of aliphatic hydroxyl groups excluding tert-OH is 1. The zero-order valence-electron chi connectivity index (χ0n) is 54.7. The van der Waals surface area contributed by atoms with Crippen molar-refractivity contribution in [2.75, 3.05) is 45.6 Å². The van der Waals surface area contributed by atoms with E-state index in [0.717, 1.165) is 41.9 Å². The number of aliphatic hydroxyl groups is 1. The molecule has 1 unspecified atom stereocenters. The zero-order valence-corrected chi connectivity index (χ0v) is 55.6. The number of hydrogen-bond donors (Lipinski definition) is 10. The number of aliphatic carboxylic acids is 1. The quantitative estimate of drug-likeness (QED) is 0.0306. The van der Waals surface area contributed by atoms with Crippen LogP contribution < -0.4 is 43.0 Å². The lowest BCUT2D eigenvalue weighted by molar-refractivity contribution is -0.142. The van der Waals surface area contributed by atoms with Crippen LogP contribution in [0.2, 0.25) is 0 Å². The first-order chi connectivity index (χ1) is 43.8. The van der Waals surface area contributed by atoms with E-state index in [2.05, 4.69) is 37.2 Å². The molecule has 0 aliphatic carbocycles. The lowest BCUT2D eigenvalue weighted by Crippen LogP contribution is -2.59. The molecule has 506 valence electrons. The molecular formula is C66H98N12O13S. The number of unbranched alkanes of at least 4 members (excludes halogenated alkanes) is 2. The number of carbonyl (C=O) groups excluding carboxylic acids is 9. The van der Waals surface area contributed by atoms with Crippen LogP contribution in [0.3, 0.4) is 0 Å². The lowest BCUT2D eigenvalue weighted by Gasteiger charge is -2.40. The number of primary amides is 1. The highest BCUT2D eigenvalue weighted by molar-refractivity contribution is 7.09. The first-order valence-electron chi connectivity index (χ1n) is 32.2. The molecule has 3 heterocycles. The van der Waals surface area contributed by atoms with Gasteiger partial charge in [-0.3, -0.25) is 43.3 Å². The number of anilines is 1. The topological polar surface area (TPSA) is 353 Å². The highest BCUT2D eigenvalue weighted by Crippen LogP contribution is 2.32. The highest BCUT2D eigenvalue weighted by atomic mass is 32.1. The van der Waals surface area contributed by atoms with Crippen molar-refractivity contribution in [3.63, 3.8) is 0 Å². The number of hydrogen-bond acceptors (Lipinski definition) is 15. The van der Waals surface area contributed by atoms with Crippen LogP contribution in [0.15, 0.2) is 72.1 Å². The van der Waals surface area contributed by atoms with E-state index in [1.54, 1.807) is 55.3 Å². The number of likely N-dealkylation sites (tertiary alicyclic amines) is 1. The fourth-order valence-corrected chi connectivity index (χ4v) is 12.1. The van der Waals surface area contributed by atoms with Crippen molar-refractivity contribution in [3.05, 3.63) is 94.0 Å². The summed E-state index contributed by atoms with van der Waals surface area (Å²) in [4.78, 5) is 143. The second-order valence-electron chi connectivity index (χ2n) is 24.8. The fraction of sp³-hybridized carbons (Fsp3) is 0.591. The Kier molecular flexibility index (Phi) is 30.5. The van der Waals surface area contributed by atoms with Gasteiger partial charge in [0.1, 0.15) is 35.1 Å². The summed E-state index contributed by atoms with van der Waals surface area (Å²) in [5.41, 5.74) is 7.39. The van der Waals surface area contributed by atoms with Gasteiger partial charge in [0.2, 0.25) is 35.4 Å². The second kappa shape index (κ2) is 37.5. The average Bonchev–Trinajstić information content (AvgIpc) is 1.22. The summed E-state index contributed by atoms with van der Waals surface area (Å²) < 4.78 is 6.05. The number of aromatic nitrogens is 1. The molecule has 5 rings (SSSR count). The van der Waals surface area contributed by atoms with Gasteiger partial charge in [-0.15, -0.1) is 11.3 Å². The predicted octanol–water partition coefficient (Wildman–Crippen LogP) is 5.78. The van der Waals surface area contributed by atoms with E-state index in [-0.39, 0.29) is 104 Å². The van der Waals surface area contributed by atoms with E-state index in [9.17, 15) is 53.4 Å². The highest BCUT2D eigenvalue weighted by Gasteiger charge is 2.40. The number of ether oxygens (including phenoxy) is 1. The number of carboxylic acids is 1. The molecule has 1 fully saturated rings. The number of benzene rings is 2. The Morgan fingerprint density at radius 3 is 2.17 bits per heavy atom. The number of urea groups is 1. The summed E-state index contributed by atoms with van der Waals surface area (Å²) in [6, 6.07) is 10.9. The smallest absolute Gasteiger partial charge is 0.407 e. The molecule has 0 bridgehead atoms. The third kappa shape index (κ3) is 23.6. The Balaban J connectivity index is 1.38. The number of nitrogens with two attached hydrogens (primary N) is 1. The van der Waals surface area contributed by atoms with Crippen molar-refractivity contribution < 1.29 is 62.9 Å². The number of rotatable bonds is 37. The predicted molar refractivity (Wildman–Crippen MR) is 349 cm³/mol. The third-order valence-corrected chi connectivity index (χ3v) is 17.9. The summed E-state index contributed by atoms with van der Waals surface area (Å²) >= 11 is 1.10. The summed E-state index contributed by atoms with van der Waals surface area (Å²) in [6.07, 6.45) is 5.86. The molecule has 0 saturated carbocycles. The van der Waals surface area contributed by atoms with Gasteiger partial charge in [0.15, 0.2) is 6.10 Å². The van der Waals surface area contributed by atoms with E-state index >= 15 is 4.79 Å². The lowest BCUT2D eigenvalue weighted by atomic mass is 9.91. The van der Waals surface area contributed by atoms with Gasteiger partial charge in [0.25, 0.3) is 5.91 Å². The van der Waals surface area contributed by atoms with E-state index < -0.39 is 90.3 Å². The number of thiazole rings is 1. The molecule has 2 aliphatic rings. The van der Waals surface area contributed by atoms with Crippen molar-refractivity contribution in [2.24, 2.45) is 29.4 Å². The van der Waals surface area contributed by atoms with Gasteiger partial charge in [-0.25, -0.2) is 14.6 Å². The second-order valence-corrected chi connectivity index (χ2v) is 25.7. The molecule has 11 N–H and O–H groups in total. The molecule has 0 radical (unpaired) electrons. The van der Waals surface area contributed by atoms with Gasteiger partial charge in [0, 0.05) is 68.8 Å². The van der Waals surface area contributed by atoms with Crippen LogP contribution in [0, 0.1) is 23.7 Å². The molecule has 26 heteroatoms. The van der Waals surface area contributed by atoms with Crippen LogP contribution in [-0.4, -0.2) is 172 Å². The van der Waals surface area contributed by atoms with Gasteiger partial charge < -0.3 is 67.7 Å². The molecule has 1 saturated heterocycles. The molecule has 10 amide bonds. The summed E-state index contributed by atoms with van der Waals surface area (Å²) in [7, 11) is 3.32. The molecule has 3 aromatic rings. The minimum absolute atomic E-state index is 0.0333. The maximum atomic E-state index is 15.6. The SMILES string of the molecule is CC[C@H](C)[C@H](NC(=O)[C@H]1CCCCN1C)C(=O)N(CCc1ccc(NC(=O)[C@H](CCCNC(N)=O)NC(=O)[C@@H](NC(=O)CCCCCN2C(=O)C=CC2O)C(C)C)cc1)[C@H](C[C@@H](OC(=O)NC)c1nc(C(=O)N[C@@H](Cc2ccccc2)C[C@@H](C)C(=O)O)cs1)C(C)C. The van der Waals surface area contributed by atoms with Crippen molar-refractivity contribution in [1.82, 2.24) is 51.6 Å². The summed E-state index contributed by atoms with van der Waals surface area (Å²) in [6.45, 7) is 14.2. The first kappa shape index (κ1) is 74.8. The summed E-state index contributed by atoms with van der Waals surface area (Å²) in [5, 5.41) is 41.2.